The van der Waals surface area contributed by atoms with Crippen LogP contribution in [0.2, 0.25) is 0 Å². The first-order valence-electron chi connectivity index (χ1n) is 7.20. The standard InChI is InChI=1S/C14H18N4O3/c19-14(17-11-5-6-15-8-11)9-1-4-12(16-10-2-3-10)13(7-9)18(20)21/h1,4,7,10-11,15-16H,2-3,5-6,8H2,(H,17,19). The molecule has 3 rings (SSSR count). The molecule has 3 N–H and O–H groups in total. The number of nitrogens with one attached hydrogen (secondary N) is 3. The Labute approximate surface area is 122 Å². The van der Waals surface area contributed by atoms with Gasteiger partial charge in [0.1, 0.15) is 5.69 Å². The number of nitrogens with zero attached hydrogens (tertiary/aromatic N) is 1. The lowest BCUT2D eigenvalue weighted by Gasteiger charge is -2.12. The SMILES string of the molecule is O=C(NC1CCNC1)c1ccc(NC2CC2)c([N+](=O)[O-])c1. The van der Waals surface area contributed by atoms with E-state index in [9.17, 15) is 14.9 Å². The van der Waals surface area contributed by atoms with Gasteiger partial charge in [-0.2, -0.15) is 0 Å². The molecule has 0 aromatic heterocycles. The van der Waals surface area contributed by atoms with Gasteiger partial charge in [-0.3, -0.25) is 14.9 Å². The van der Waals surface area contributed by atoms with Gasteiger partial charge in [0.25, 0.3) is 11.6 Å². The van der Waals surface area contributed by atoms with Crippen molar-refractivity contribution in [2.24, 2.45) is 0 Å². The van der Waals surface area contributed by atoms with E-state index >= 15 is 0 Å². The molecule has 0 spiro atoms. The molecule has 7 nitrogen and oxygen atoms in total. The number of benzene rings is 1. The number of carbonyl (C=O) groups excluding carboxylic acids is 1. The van der Waals surface area contributed by atoms with Gasteiger partial charge in [-0.1, -0.05) is 0 Å². The van der Waals surface area contributed by atoms with Crippen LogP contribution in [0.25, 0.3) is 0 Å². The molecule has 1 aromatic rings. The van der Waals surface area contributed by atoms with Gasteiger partial charge >= 0.3 is 0 Å². The van der Waals surface area contributed by atoms with Gasteiger partial charge in [0.15, 0.2) is 0 Å². The first-order chi connectivity index (χ1) is 10.1. The first kappa shape index (κ1) is 13.8. The van der Waals surface area contributed by atoms with Crippen LogP contribution < -0.4 is 16.0 Å². The van der Waals surface area contributed by atoms with E-state index in [-0.39, 0.29) is 17.6 Å². The van der Waals surface area contributed by atoms with Gasteiger partial charge in [-0.05, 0) is 37.9 Å². The predicted molar refractivity (Wildman–Crippen MR) is 78.5 cm³/mol. The Morgan fingerprint density at radius 1 is 1.29 bits per heavy atom. The van der Waals surface area contributed by atoms with Gasteiger partial charge in [-0.15, -0.1) is 0 Å². The van der Waals surface area contributed by atoms with Crippen molar-refractivity contribution >= 4 is 17.3 Å². The molecular formula is C14H18N4O3. The summed E-state index contributed by atoms with van der Waals surface area (Å²) in [6.07, 6.45) is 2.96. The summed E-state index contributed by atoms with van der Waals surface area (Å²) in [4.78, 5) is 22.9. The van der Waals surface area contributed by atoms with Crippen molar-refractivity contribution in [3.8, 4) is 0 Å². The fraction of sp³-hybridized carbons (Fsp3) is 0.500. The predicted octanol–water partition coefficient (Wildman–Crippen LogP) is 1.26. The summed E-state index contributed by atoms with van der Waals surface area (Å²) in [5, 5.41) is 20.3. The van der Waals surface area contributed by atoms with E-state index in [0.717, 1.165) is 32.4 Å². The number of anilines is 1. The largest absolute Gasteiger partial charge is 0.377 e. The summed E-state index contributed by atoms with van der Waals surface area (Å²) in [7, 11) is 0. The van der Waals surface area contributed by atoms with E-state index in [1.54, 1.807) is 12.1 Å². The van der Waals surface area contributed by atoms with Crippen molar-refractivity contribution in [3.05, 3.63) is 33.9 Å². The maximum absolute atomic E-state index is 12.1. The molecular weight excluding hydrogens is 272 g/mol. The van der Waals surface area contributed by atoms with Crippen molar-refractivity contribution in [1.29, 1.82) is 0 Å². The van der Waals surface area contributed by atoms with Gasteiger partial charge in [0.05, 0.1) is 4.92 Å². The quantitative estimate of drug-likeness (QED) is 0.560. The lowest BCUT2D eigenvalue weighted by Crippen LogP contribution is -2.36. The van der Waals surface area contributed by atoms with Gasteiger partial charge in [0.2, 0.25) is 0 Å². The monoisotopic (exact) mass is 290 g/mol. The Hall–Kier alpha value is -2.15. The Balaban J connectivity index is 1.76. The van der Waals surface area contributed by atoms with Crippen molar-refractivity contribution in [2.45, 2.75) is 31.3 Å². The molecule has 1 aliphatic heterocycles. The van der Waals surface area contributed by atoms with Crippen molar-refractivity contribution in [2.75, 3.05) is 18.4 Å². The maximum Gasteiger partial charge on any atom is 0.293 e. The first-order valence-corrected chi connectivity index (χ1v) is 7.20. The lowest BCUT2D eigenvalue weighted by molar-refractivity contribution is -0.384. The molecule has 0 bridgehead atoms. The third-order valence-electron chi connectivity index (χ3n) is 3.79. The molecule has 112 valence electrons. The molecule has 1 aromatic carbocycles. The van der Waals surface area contributed by atoms with Crippen LogP contribution >= 0.6 is 0 Å². The normalized spacial score (nSPS) is 21.0. The molecule has 0 radical (unpaired) electrons. The van der Waals surface area contributed by atoms with Crippen molar-refractivity contribution in [1.82, 2.24) is 10.6 Å². The zero-order valence-corrected chi connectivity index (χ0v) is 11.6. The lowest BCUT2D eigenvalue weighted by atomic mass is 10.1. The number of hydrogen-bond acceptors (Lipinski definition) is 5. The Bertz CT molecular complexity index is 565. The Kier molecular flexibility index (Phi) is 3.74. The summed E-state index contributed by atoms with van der Waals surface area (Å²) in [6.45, 7) is 1.63. The summed E-state index contributed by atoms with van der Waals surface area (Å²) in [6, 6.07) is 5.03. The smallest absolute Gasteiger partial charge is 0.293 e. The summed E-state index contributed by atoms with van der Waals surface area (Å²) in [5.41, 5.74) is 0.774. The molecule has 1 saturated heterocycles. The minimum absolute atomic E-state index is 0.0425. The van der Waals surface area contributed by atoms with Crippen molar-refractivity contribution < 1.29 is 9.72 Å². The second kappa shape index (κ2) is 5.69. The third kappa shape index (κ3) is 3.30. The molecule has 1 aliphatic carbocycles. The van der Waals surface area contributed by atoms with Gasteiger partial charge < -0.3 is 16.0 Å². The molecule has 1 amide bonds. The van der Waals surface area contributed by atoms with Crippen LogP contribution in [-0.4, -0.2) is 36.0 Å². The zero-order chi connectivity index (χ0) is 14.8. The van der Waals surface area contributed by atoms with E-state index in [0.29, 0.717) is 17.3 Å². The summed E-state index contributed by atoms with van der Waals surface area (Å²) >= 11 is 0. The van der Waals surface area contributed by atoms with Gasteiger partial charge in [0, 0.05) is 30.3 Å². The van der Waals surface area contributed by atoms with Crippen LogP contribution in [0.3, 0.4) is 0 Å². The molecule has 2 fully saturated rings. The van der Waals surface area contributed by atoms with Crippen LogP contribution in [0, 0.1) is 10.1 Å². The number of carbonyl (C=O) groups is 1. The molecule has 1 atom stereocenters. The van der Waals surface area contributed by atoms with E-state index < -0.39 is 4.92 Å². The highest BCUT2D eigenvalue weighted by Gasteiger charge is 2.26. The van der Waals surface area contributed by atoms with E-state index in [4.69, 9.17) is 0 Å². The van der Waals surface area contributed by atoms with Crippen LogP contribution in [0.1, 0.15) is 29.6 Å². The topological polar surface area (TPSA) is 96.3 Å². The average Bonchev–Trinajstić information content (AvgIpc) is 3.13. The van der Waals surface area contributed by atoms with Crippen molar-refractivity contribution in [3.63, 3.8) is 0 Å². The second-order valence-electron chi connectivity index (χ2n) is 5.57. The number of nitro groups is 1. The fourth-order valence-electron chi connectivity index (χ4n) is 2.44. The fourth-order valence-corrected chi connectivity index (χ4v) is 2.44. The minimum atomic E-state index is -0.446. The molecule has 7 heteroatoms. The third-order valence-corrected chi connectivity index (χ3v) is 3.79. The zero-order valence-electron chi connectivity index (χ0n) is 11.6. The molecule has 1 saturated carbocycles. The summed E-state index contributed by atoms with van der Waals surface area (Å²) in [5.74, 6) is -0.259. The molecule has 2 aliphatic rings. The second-order valence-corrected chi connectivity index (χ2v) is 5.57. The van der Waals surface area contributed by atoms with E-state index in [1.807, 2.05) is 0 Å². The number of hydrogen-bond donors (Lipinski definition) is 3. The average molecular weight is 290 g/mol. The molecule has 1 unspecified atom stereocenters. The van der Waals surface area contributed by atoms with E-state index in [1.165, 1.54) is 6.07 Å². The van der Waals surface area contributed by atoms with Crippen LogP contribution in [0.15, 0.2) is 18.2 Å². The highest BCUT2D eigenvalue weighted by molar-refractivity contribution is 5.96. The minimum Gasteiger partial charge on any atom is -0.377 e. The molecule has 1 heterocycles. The van der Waals surface area contributed by atoms with E-state index in [2.05, 4.69) is 16.0 Å². The maximum atomic E-state index is 12.1. The molecule has 21 heavy (non-hydrogen) atoms. The van der Waals surface area contributed by atoms with Crippen LogP contribution in [0.5, 0.6) is 0 Å². The Morgan fingerprint density at radius 3 is 2.71 bits per heavy atom. The highest BCUT2D eigenvalue weighted by Crippen LogP contribution is 2.31. The Morgan fingerprint density at radius 2 is 2.10 bits per heavy atom. The van der Waals surface area contributed by atoms with Gasteiger partial charge in [-0.25, -0.2) is 0 Å². The summed E-state index contributed by atoms with van der Waals surface area (Å²) < 4.78 is 0. The van der Waals surface area contributed by atoms with Crippen LogP contribution in [0.4, 0.5) is 11.4 Å². The van der Waals surface area contributed by atoms with Crippen LogP contribution in [-0.2, 0) is 0 Å². The number of nitro benzene ring substituents is 1. The number of rotatable bonds is 5. The highest BCUT2D eigenvalue weighted by atomic mass is 16.6. The number of amides is 1.